The standard InChI is InChI=1S/C17H20ClNO4/c1-22-14-5-3-2-4-12(16(14)20)19-17(21)15-9-10-8-11(18)6-7-13(10)23-15/h6-9,12,14,16,20H,2-5H2,1H3,(H,19,21)/t12-,14-,16-/m1/s1. The Morgan fingerprint density at radius 2 is 2.13 bits per heavy atom. The molecule has 2 aromatic rings. The molecule has 0 aliphatic heterocycles. The van der Waals surface area contributed by atoms with E-state index in [1.165, 1.54) is 0 Å². The summed E-state index contributed by atoms with van der Waals surface area (Å²) in [7, 11) is 1.58. The highest BCUT2D eigenvalue weighted by Gasteiger charge is 2.31. The molecule has 0 bridgehead atoms. The lowest BCUT2D eigenvalue weighted by Gasteiger charge is -2.26. The molecule has 2 N–H and O–H groups in total. The first-order valence-electron chi connectivity index (χ1n) is 7.79. The molecule has 1 heterocycles. The number of aliphatic hydroxyl groups excluding tert-OH is 1. The number of nitrogens with one attached hydrogen (secondary N) is 1. The van der Waals surface area contributed by atoms with Crippen molar-refractivity contribution in [2.45, 2.75) is 43.9 Å². The maximum absolute atomic E-state index is 12.4. The molecule has 0 unspecified atom stereocenters. The third-order valence-electron chi connectivity index (χ3n) is 4.37. The fourth-order valence-corrected chi connectivity index (χ4v) is 3.27. The molecule has 5 nitrogen and oxygen atoms in total. The minimum atomic E-state index is -0.717. The number of aliphatic hydroxyl groups is 1. The summed E-state index contributed by atoms with van der Waals surface area (Å²) in [4.78, 5) is 12.4. The van der Waals surface area contributed by atoms with E-state index in [-0.39, 0.29) is 23.8 Å². The van der Waals surface area contributed by atoms with E-state index in [2.05, 4.69) is 5.32 Å². The van der Waals surface area contributed by atoms with Gasteiger partial charge in [0.1, 0.15) is 11.7 Å². The molecular formula is C17H20ClNO4. The van der Waals surface area contributed by atoms with Crippen molar-refractivity contribution < 1.29 is 19.1 Å². The number of carbonyl (C=O) groups excluding carboxylic acids is 1. The molecular weight excluding hydrogens is 318 g/mol. The summed E-state index contributed by atoms with van der Waals surface area (Å²) in [6.07, 6.45) is 2.47. The van der Waals surface area contributed by atoms with Gasteiger partial charge in [0.15, 0.2) is 5.76 Å². The highest BCUT2D eigenvalue weighted by atomic mass is 35.5. The highest BCUT2D eigenvalue weighted by Crippen LogP contribution is 2.24. The predicted molar refractivity (Wildman–Crippen MR) is 87.8 cm³/mol. The normalized spacial score (nSPS) is 25.3. The van der Waals surface area contributed by atoms with Crippen molar-refractivity contribution in [2.75, 3.05) is 7.11 Å². The summed E-state index contributed by atoms with van der Waals surface area (Å²) in [6, 6.07) is 6.52. The van der Waals surface area contributed by atoms with E-state index in [9.17, 15) is 9.90 Å². The third-order valence-corrected chi connectivity index (χ3v) is 4.60. The number of furan rings is 1. The van der Waals surface area contributed by atoms with E-state index in [1.807, 2.05) is 0 Å². The van der Waals surface area contributed by atoms with Crippen LogP contribution in [0.2, 0.25) is 5.02 Å². The smallest absolute Gasteiger partial charge is 0.287 e. The van der Waals surface area contributed by atoms with Crippen LogP contribution in [0.1, 0.15) is 36.2 Å². The van der Waals surface area contributed by atoms with Gasteiger partial charge in [0.2, 0.25) is 0 Å². The van der Waals surface area contributed by atoms with Gasteiger partial charge in [0.25, 0.3) is 5.91 Å². The van der Waals surface area contributed by atoms with Crippen molar-refractivity contribution in [3.05, 3.63) is 35.0 Å². The average Bonchev–Trinajstić information content (AvgIpc) is 2.88. The number of benzene rings is 1. The van der Waals surface area contributed by atoms with Crippen LogP contribution in [0.3, 0.4) is 0 Å². The van der Waals surface area contributed by atoms with Gasteiger partial charge in [-0.2, -0.15) is 0 Å². The van der Waals surface area contributed by atoms with E-state index in [0.717, 1.165) is 31.1 Å². The summed E-state index contributed by atoms with van der Waals surface area (Å²) < 4.78 is 10.9. The number of halogens is 1. The van der Waals surface area contributed by atoms with E-state index in [1.54, 1.807) is 31.4 Å². The van der Waals surface area contributed by atoms with Crippen molar-refractivity contribution in [3.63, 3.8) is 0 Å². The molecule has 124 valence electrons. The van der Waals surface area contributed by atoms with Crippen molar-refractivity contribution in [1.29, 1.82) is 0 Å². The van der Waals surface area contributed by atoms with Crippen LogP contribution in [0.25, 0.3) is 11.0 Å². The molecule has 3 rings (SSSR count). The Balaban J connectivity index is 1.76. The van der Waals surface area contributed by atoms with Gasteiger partial charge < -0.3 is 19.6 Å². The van der Waals surface area contributed by atoms with Gasteiger partial charge in [-0.1, -0.05) is 24.4 Å². The van der Waals surface area contributed by atoms with E-state index >= 15 is 0 Å². The summed E-state index contributed by atoms with van der Waals surface area (Å²) >= 11 is 5.94. The second kappa shape index (κ2) is 6.91. The van der Waals surface area contributed by atoms with Crippen LogP contribution >= 0.6 is 11.6 Å². The molecule has 23 heavy (non-hydrogen) atoms. The van der Waals surface area contributed by atoms with Crippen LogP contribution in [0.5, 0.6) is 0 Å². The first-order valence-corrected chi connectivity index (χ1v) is 8.17. The van der Waals surface area contributed by atoms with Crippen molar-refractivity contribution >= 4 is 28.5 Å². The lowest BCUT2D eigenvalue weighted by atomic mass is 10.0. The quantitative estimate of drug-likeness (QED) is 0.844. The maximum Gasteiger partial charge on any atom is 0.287 e. The summed E-state index contributed by atoms with van der Waals surface area (Å²) in [5, 5.41) is 14.6. The van der Waals surface area contributed by atoms with Gasteiger partial charge >= 0.3 is 0 Å². The number of carbonyl (C=O) groups is 1. The fraction of sp³-hybridized carbons (Fsp3) is 0.471. The van der Waals surface area contributed by atoms with Gasteiger partial charge in [0, 0.05) is 17.5 Å². The Morgan fingerprint density at radius 1 is 1.35 bits per heavy atom. The second-order valence-corrected chi connectivity index (χ2v) is 6.36. The van der Waals surface area contributed by atoms with Gasteiger partial charge in [-0.25, -0.2) is 0 Å². The van der Waals surface area contributed by atoms with E-state index in [0.29, 0.717) is 10.6 Å². The first kappa shape index (κ1) is 16.3. The average molecular weight is 338 g/mol. The molecule has 1 saturated carbocycles. The molecule has 3 atom stereocenters. The molecule has 0 radical (unpaired) electrons. The van der Waals surface area contributed by atoms with Crippen LogP contribution in [0, 0.1) is 0 Å². The Morgan fingerprint density at radius 3 is 2.91 bits per heavy atom. The number of methoxy groups -OCH3 is 1. The number of hydrogen-bond donors (Lipinski definition) is 2. The molecule has 1 aliphatic rings. The second-order valence-electron chi connectivity index (χ2n) is 5.92. The van der Waals surface area contributed by atoms with Crippen molar-refractivity contribution in [3.8, 4) is 0 Å². The molecule has 1 amide bonds. The predicted octanol–water partition coefficient (Wildman–Crippen LogP) is 3.13. The molecule has 0 saturated heterocycles. The molecule has 1 aromatic carbocycles. The van der Waals surface area contributed by atoms with Gasteiger partial charge in [-0.15, -0.1) is 0 Å². The Bertz CT molecular complexity index is 699. The Kier molecular flexibility index (Phi) is 4.90. The highest BCUT2D eigenvalue weighted by molar-refractivity contribution is 6.31. The van der Waals surface area contributed by atoms with Gasteiger partial charge in [0.05, 0.1) is 12.1 Å². The number of amides is 1. The lowest BCUT2D eigenvalue weighted by Crippen LogP contribution is -2.47. The Hall–Kier alpha value is -1.56. The Labute approximate surface area is 139 Å². The maximum atomic E-state index is 12.4. The van der Waals surface area contributed by atoms with Crippen LogP contribution < -0.4 is 5.32 Å². The minimum absolute atomic E-state index is 0.215. The fourth-order valence-electron chi connectivity index (χ4n) is 3.09. The van der Waals surface area contributed by atoms with Gasteiger partial charge in [-0.05, 0) is 37.1 Å². The zero-order valence-electron chi connectivity index (χ0n) is 12.9. The van der Waals surface area contributed by atoms with Crippen molar-refractivity contribution in [2.24, 2.45) is 0 Å². The van der Waals surface area contributed by atoms with Crippen LogP contribution in [0.4, 0.5) is 0 Å². The zero-order valence-corrected chi connectivity index (χ0v) is 13.7. The monoisotopic (exact) mass is 337 g/mol. The molecule has 0 spiro atoms. The van der Waals surface area contributed by atoms with Gasteiger partial charge in [-0.3, -0.25) is 4.79 Å². The SMILES string of the molecule is CO[C@@H]1CCCC[C@@H](NC(=O)c2cc3cc(Cl)ccc3o2)[C@H]1O. The number of rotatable bonds is 3. The third kappa shape index (κ3) is 3.52. The van der Waals surface area contributed by atoms with Crippen molar-refractivity contribution in [1.82, 2.24) is 5.32 Å². The molecule has 1 fully saturated rings. The van der Waals surface area contributed by atoms with E-state index in [4.69, 9.17) is 20.8 Å². The van der Waals surface area contributed by atoms with Crippen LogP contribution in [0.15, 0.2) is 28.7 Å². The summed E-state index contributed by atoms with van der Waals surface area (Å²) in [5.41, 5.74) is 0.607. The molecule has 6 heteroatoms. The summed E-state index contributed by atoms with van der Waals surface area (Å²) in [5.74, 6) is -0.120. The largest absolute Gasteiger partial charge is 0.451 e. The number of fused-ring (bicyclic) bond motifs is 1. The minimum Gasteiger partial charge on any atom is -0.451 e. The lowest BCUT2D eigenvalue weighted by molar-refractivity contribution is -0.0278. The topological polar surface area (TPSA) is 71.7 Å². The first-order chi connectivity index (χ1) is 11.1. The van der Waals surface area contributed by atoms with Crippen LogP contribution in [-0.2, 0) is 4.74 Å². The van der Waals surface area contributed by atoms with Crippen LogP contribution in [-0.4, -0.2) is 36.4 Å². The summed E-state index contributed by atoms with van der Waals surface area (Å²) in [6.45, 7) is 0. The van der Waals surface area contributed by atoms with E-state index < -0.39 is 6.10 Å². The number of hydrogen-bond acceptors (Lipinski definition) is 4. The number of ether oxygens (including phenoxy) is 1. The molecule has 1 aromatic heterocycles. The molecule has 1 aliphatic carbocycles. The zero-order chi connectivity index (χ0) is 16.4.